The molecule has 0 aromatic rings. The molecule has 6 nitrogen and oxygen atoms in total. The highest BCUT2D eigenvalue weighted by Crippen LogP contribution is 2.17. The zero-order chi connectivity index (χ0) is 14.6. The van der Waals surface area contributed by atoms with E-state index in [0.29, 0.717) is 13.1 Å². The van der Waals surface area contributed by atoms with E-state index in [2.05, 4.69) is 4.74 Å². The molecule has 9 heteroatoms. The third-order valence-corrected chi connectivity index (χ3v) is 2.56. The fourth-order valence-corrected chi connectivity index (χ4v) is 1.64. The van der Waals surface area contributed by atoms with E-state index in [1.54, 1.807) is 0 Å². The van der Waals surface area contributed by atoms with Gasteiger partial charge >= 0.3 is 18.1 Å². The second-order valence-electron chi connectivity index (χ2n) is 4.10. The topological polar surface area (TPSA) is 89.7 Å². The van der Waals surface area contributed by atoms with E-state index in [4.69, 9.17) is 5.73 Å². The minimum absolute atomic E-state index is 0.503. The van der Waals surface area contributed by atoms with Crippen molar-refractivity contribution >= 4 is 17.8 Å². The molecule has 1 aliphatic heterocycles. The Hall–Kier alpha value is -1.64. The number of rotatable bonds is 3. The quantitative estimate of drug-likeness (QED) is 0.579. The summed E-state index contributed by atoms with van der Waals surface area (Å²) in [6, 6.07) is -1.30. The van der Waals surface area contributed by atoms with Crippen LogP contribution in [0.2, 0.25) is 0 Å². The van der Waals surface area contributed by atoms with Gasteiger partial charge in [-0.05, 0) is 12.8 Å². The maximum absolute atomic E-state index is 11.8. The summed E-state index contributed by atoms with van der Waals surface area (Å²) >= 11 is 0. The van der Waals surface area contributed by atoms with Gasteiger partial charge in [-0.3, -0.25) is 9.59 Å². The largest absolute Gasteiger partial charge is 0.491 e. The molecule has 1 heterocycles. The first kappa shape index (κ1) is 15.4. The Labute approximate surface area is 106 Å². The van der Waals surface area contributed by atoms with Gasteiger partial charge < -0.3 is 15.4 Å². The van der Waals surface area contributed by atoms with Crippen LogP contribution in [0.15, 0.2) is 0 Å². The van der Waals surface area contributed by atoms with E-state index < -0.39 is 36.5 Å². The summed E-state index contributed by atoms with van der Waals surface area (Å²) in [7, 11) is 0. The molecule has 0 aliphatic carbocycles. The van der Waals surface area contributed by atoms with Crippen LogP contribution in [0, 0.1) is 0 Å². The van der Waals surface area contributed by atoms with Gasteiger partial charge in [0.1, 0.15) is 0 Å². The van der Waals surface area contributed by atoms with E-state index in [0.717, 1.165) is 12.8 Å². The Balaban J connectivity index is 2.43. The fraction of sp³-hybridized carbons (Fsp3) is 0.700. The summed E-state index contributed by atoms with van der Waals surface area (Å²) < 4.78 is 39.0. The van der Waals surface area contributed by atoms with Gasteiger partial charge in [-0.25, -0.2) is 4.79 Å². The Morgan fingerprint density at radius 1 is 1.21 bits per heavy atom. The fourth-order valence-electron chi connectivity index (χ4n) is 1.64. The second-order valence-corrected chi connectivity index (χ2v) is 4.10. The van der Waals surface area contributed by atoms with Gasteiger partial charge in [0.15, 0.2) is 0 Å². The van der Waals surface area contributed by atoms with E-state index in [1.165, 1.54) is 4.90 Å². The third kappa shape index (κ3) is 4.51. The van der Waals surface area contributed by atoms with Gasteiger partial charge in [0.2, 0.25) is 5.91 Å². The molecule has 0 unspecified atom stereocenters. The first-order valence-corrected chi connectivity index (χ1v) is 5.58. The molecule has 2 N–H and O–H groups in total. The number of hydrogen-bond donors (Lipinski definition) is 1. The number of halogens is 3. The molecule has 0 bridgehead atoms. The van der Waals surface area contributed by atoms with Crippen LogP contribution >= 0.6 is 0 Å². The monoisotopic (exact) mass is 282 g/mol. The molecule has 0 saturated carbocycles. The van der Waals surface area contributed by atoms with Crippen LogP contribution in [0.3, 0.4) is 0 Å². The SMILES string of the molecule is N[C@@H](CC(=O)OC(=O)C(F)(F)F)C(=O)N1CCCC1. The van der Waals surface area contributed by atoms with Crippen molar-refractivity contribution in [3.05, 3.63) is 0 Å². The minimum atomic E-state index is -5.25. The van der Waals surface area contributed by atoms with Crippen molar-refractivity contribution in [1.82, 2.24) is 4.90 Å². The summed E-state index contributed by atoms with van der Waals surface area (Å²) in [6.07, 6.45) is -4.39. The molecule has 1 rings (SSSR count). The molecule has 1 atom stereocenters. The number of nitrogens with two attached hydrogens (primary N) is 1. The molecule has 108 valence electrons. The normalized spacial score (nSPS) is 17.2. The first-order valence-electron chi connectivity index (χ1n) is 5.58. The summed E-state index contributed by atoms with van der Waals surface area (Å²) in [6.45, 7) is 1.01. The predicted molar refractivity (Wildman–Crippen MR) is 55.6 cm³/mol. The number of carbonyl (C=O) groups is 3. The average Bonchev–Trinajstić information content (AvgIpc) is 2.79. The number of carbonyl (C=O) groups excluding carboxylic acids is 3. The molecular formula is C10H13F3N2O4. The van der Waals surface area contributed by atoms with Crippen molar-refractivity contribution in [2.45, 2.75) is 31.5 Å². The van der Waals surface area contributed by atoms with Crippen molar-refractivity contribution in [1.29, 1.82) is 0 Å². The van der Waals surface area contributed by atoms with Crippen LogP contribution in [0.4, 0.5) is 13.2 Å². The van der Waals surface area contributed by atoms with E-state index in [1.807, 2.05) is 0 Å². The number of alkyl halides is 3. The number of likely N-dealkylation sites (tertiary alicyclic amines) is 1. The second kappa shape index (κ2) is 6.00. The average molecular weight is 282 g/mol. The van der Waals surface area contributed by atoms with Crippen molar-refractivity contribution in [3.8, 4) is 0 Å². The molecule has 0 spiro atoms. The maximum Gasteiger partial charge on any atom is 0.491 e. The van der Waals surface area contributed by atoms with Crippen molar-refractivity contribution in [3.63, 3.8) is 0 Å². The zero-order valence-electron chi connectivity index (χ0n) is 9.90. The highest BCUT2D eigenvalue weighted by Gasteiger charge is 2.42. The first-order chi connectivity index (χ1) is 8.71. The summed E-state index contributed by atoms with van der Waals surface area (Å²) in [5, 5.41) is 0. The summed E-state index contributed by atoms with van der Waals surface area (Å²) in [4.78, 5) is 34.5. The maximum atomic E-state index is 11.8. The Morgan fingerprint density at radius 3 is 2.21 bits per heavy atom. The van der Waals surface area contributed by atoms with Gasteiger partial charge in [0.05, 0.1) is 12.5 Å². The standard InChI is InChI=1S/C10H13F3N2O4/c11-10(12,13)9(18)19-7(16)5-6(14)8(17)15-3-1-2-4-15/h6H,1-5,14H2/t6-/m0/s1. The van der Waals surface area contributed by atoms with E-state index >= 15 is 0 Å². The lowest BCUT2D eigenvalue weighted by Crippen LogP contribution is -2.44. The molecule has 1 aliphatic rings. The molecule has 19 heavy (non-hydrogen) atoms. The predicted octanol–water partition coefficient (Wildman–Crippen LogP) is -0.0417. The third-order valence-electron chi connectivity index (χ3n) is 2.56. The number of nitrogens with zero attached hydrogens (tertiary/aromatic N) is 1. The molecule has 1 amide bonds. The summed E-state index contributed by atoms with van der Waals surface area (Å²) in [5.41, 5.74) is 5.40. The highest BCUT2D eigenvalue weighted by atomic mass is 19.4. The Morgan fingerprint density at radius 2 is 1.74 bits per heavy atom. The van der Waals surface area contributed by atoms with Crippen LogP contribution in [-0.2, 0) is 19.1 Å². The lowest BCUT2D eigenvalue weighted by atomic mass is 10.2. The minimum Gasteiger partial charge on any atom is -0.386 e. The van der Waals surface area contributed by atoms with Crippen molar-refractivity contribution < 1.29 is 32.3 Å². The number of amides is 1. The lowest BCUT2D eigenvalue weighted by Gasteiger charge is -2.19. The molecule has 1 fully saturated rings. The Bertz CT molecular complexity index is 377. The number of esters is 2. The number of hydrogen-bond acceptors (Lipinski definition) is 5. The van der Waals surface area contributed by atoms with Crippen LogP contribution in [-0.4, -0.2) is 48.1 Å². The number of ether oxygens (including phenoxy) is 1. The van der Waals surface area contributed by atoms with Gasteiger partial charge in [0.25, 0.3) is 0 Å². The van der Waals surface area contributed by atoms with Crippen LogP contribution < -0.4 is 5.73 Å². The zero-order valence-corrected chi connectivity index (χ0v) is 9.90. The van der Waals surface area contributed by atoms with Gasteiger partial charge in [-0.2, -0.15) is 13.2 Å². The molecule has 0 aromatic carbocycles. The van der Waals surface area contributed by atoms with Gasteiger partial charge in [-0.1, -0.05) is 0 Å². The van der Waals surface area contributed by atoms with Crippen molar-refractivity contribution in [2.24, 2.45) is 5.73 Å². The van der Waals surface area contributed by atoms with E-state index in [-0.39, 0.29) is 0 Å². The highest BCUT2D eigenvalue weighted by molar-refractivity contribution is 5.92. The smallest absolute Gasteiger partial charge is 0.386 e. The van der Waals surface area contributed by atoms with Gasteiger partial charge in [-0.15, -0.1) is 0 Å². The van der Waals surface area contributed by atoms with Crippen LogP contribution in [0.5, 0.6) is 0 Å². The molecule has 0 aromatic heterocycles. The molecule has 0 radical (unpaired) electrons. The van der Waals surface area contributed by atoms with Crippen LogP contribution in [0.1, 0.15) is 19.3 Å². The van der Waals surface area contributed by atoms with E-state index in [9.17, 15) is 27.6 Å². The Kier molecular flexibility index (Phi) is 4.87. The van der Waals surface area contributed by atoms with Gasteiger partial charge in [0, 0.05) is 13.1 Å². The molecule has 1 saturated heterocycles. The van der Waals surface area contributed by atoms with Crippen LogP contribution in [0.25, 0.3) is 0 Å². The van der Waals surface area contributed by atoms with Crippen molar-refractivity contribution in [2.75, 3.05) is 13.1 Å². The lowest BCUT2D eigenvalue weighted by molar-refractivity contribution is -0.202. The summed E-state index contributed by atoms with van der Waals surface area (Å²) in [5.74, 6) is -4.62. The molecular weight excluding hydrogens is 269 g/mol.